The number of ether oxygens (including phenoxy) is 6. The molecule has 3 rings (SSSR count). The van der Waals surface area contributed by atoms with Crippen molar-refractivity contribution in [2.75, 3.05) is 28.1 Å². The van der Waals surface area contributed by atoms with Gasteiger partial charge in [-0.3, -0.25) is 14.5 Å². The molecule has 3 aliphatic rings. The van der Waals surface area contributed by atoms with Gasteiger partial charge in [0.2, 0.25) is 0 Å². The Balaban J connectivity index is 2.19. The lowest BCUT2D eigenvalue weighted by atomic mass is 9.65. The van der Waals surface area contributed by atoms with Crippen LogP contribution in [-0.4, -0.2) is 103 Å². The van der Waals surface area contributed by atoms with Crippen molar-refractivity contribution in [2.45, 2.75) is 136 Å². The molecule has 3 saturated heterocycles. The van der Waals surface area contributed by atoms with Gasteiger partial charge in [0.1, 0.15) is 24.7 Å². The SMILES string of the molecule is CC[C@H]1OC(=O)[C@H](C)[C@@H](C2C[C@@](C)(OC)[C@@H](O)[C@H](C)O2)[C@H](C)[C@@H](C)[C@](C)(OC)C[C@@H](C)C(=O)[C@H](C)[C@H]2N(COC)C(=O)O[C@]12C. The first-order chi connectivity index (χ1) is 20.9. The van der Waals surface area contributed by atoms with Crippen LogP contribution in [-0.2, 0) is 38.0 Å². The molecule has 0 aromatic rings. The van der Waals surface area contributed by atoms with Gasteiger partial charge >= 0.3 is 12.1 Å². The molecule has 11 nitrogen and oxygen atoms in total. The summed E-state index contributed by atoms with van der Waals surface area (Å²) >= 11 is 0. The minimum Gasteiger partial charge on any atom is -0.458 e. The second-order valence-corrected chi connectivity index (χ2v) is 14.6. The molecular weight excluding hydrogens is 582 g/mol. The number of ketones is 1. The molecule has 0 aromatic carbocycles. The van der Waals surface area contributed by atoms with Crippen LogP contribution in [0.25, 0.3) is 0 Å². The number of rotatable bonds is 6. The van der Waals surface area contributed by atoms with Gasteiger partial charge < -0.3 is 33.5 Å². The van der Waals surface area contributed by atoms with E-state index in [-0.39, 0.29) is 30.3 Å². The van der Waals surface area contributed by atoms with Gasteiger partial charge in [0.15, 0.2) is 5.60 Å². The minimum absolute atomic E-state index is 0.0359. The molecule has 0 aliphatic carbocycles. The summed E-state index contributed by atoms with van der Waals surface area (Å²) in [7, 11) is 4.72. The van der Waals surface area contributed by atoms with Crippen LogP contribution in [0.15, 0.2) is 0 Å². The Morgan fingerprint density at radius 2 is 1.51 bits per heavy atom. The smallest absolute Gasteiger partial charge is 0.412 e. The fourth-order valence-electron chi connectivity index (χ4n) is 8.65. The zero-order valence-corrected chi connectivity index (χ0v) is 29.7. The van der Waals surface area contributed by atoms with E-state index in [1.807, 2.05) is 48.5 Å². The first kappa shape index (κ1) is 37.7. The minimum atomic E-state index is -1.31. The Kier molecular flexibility index (Phi) is 11.8. The van der Waals surface area contributed by atoms with Crippen LogP contribution in [0.3, 0.4) is 0 Å². The Morgan fingerprint density at radius 3 is 2.04 bits per heavy atom. The van der Waals surface area contributed by atoms with Crippen molar-refractivity contribution in [3.63, 3.8) is 0 Å². The van der Waals surface area contributed by atoms with E-state index in [4.69, 9.17) is 28.4 Å². The number of aliphatic hydroxyl groups excluding tert-OH is 1. The van der Waals surface area contributed by atoms with E-state index in [1.165, 1.54) is 12.0 Å². The number of aliphatic hydroxyl groups is 1. The zero-order chi connectivity index (χ0) is 34.2. The van der Waals surface area contributed by atoms with Crippen LogP contribution in [0.1, 0.15) is 88.5 Å². The second kappa shape index (κ2) is 14.1. The third kappa shape index (κ3) is 6.80. The standard InChI is InChI=1S/C34H59NO10/c1-14-25-34(10)28(35(17-40-11)31(39)45-34)21(5)27(36)18(2)15-32(8,41-12)22(6)19(3)26(20(4)30(38)44-25)24-16-33(9,42-13)29(37)23(7)43-24/h18-26,28-29,37H,14-17H2,1-13H3/t18-,19-,20-,21+,22-,23+,24?,25-,26+,28-,29+,32-,33-,34-/m1/s1. The predicted octanol–water partition coefficient (Wildman–Crippen LogP) is 4.61. The highest BCUT2D eigenvalue weighted by molar-refractivity contribution is 5.85. The number of methoxy groups -OCH3 is 3. The largest absolute Gasteiger partial charge is 0.458 e. The fourth-order valence-corrected chi connectivity index (χ4v) is 8.65. The lowest BCUT2D eigenvalue weighted by molar-refractivity contribution is -0.236. The van der Waals surface area contributed by atoms with Crippen LogP contribution in [0, 0.1) is 35.5 Å². The molecule has 1 N–H and O–H groups in total. The van der Waals surface area contributed by atoms with Gasteiger partial charge in [0.25, 0.3) is 0 Å². The van der Waals surface area contributed by atoms with Crippen molar-refractivity contribution < 1.29 is 47.9 Å². The highest BCUT2D eigenvalue weighted by Gasteiger charge is 2.60. The number of hydrogen-bond acceptors (Lipinski definition) is 10. The number of hydrogen-bond donors (Lipinski definition) is 1. The number of fused-ring (bicyclic) bond motifs is 1. The second-order valence-electron chi connectivity index (χ2n) is 14.6. The van der Waals surface area contributed by atoms with Gasteiger partial charge in [-0.1, -0.05) is 41.5 Å². The Hall–Kier alpha value is -1.79. The monoisotopic (exact) mass is 641 g/mol. The molecule has 14 atom stereocenters. The van der Waals surface area contributed by atoms with E-state index in [2.05, 4.69) is 13.8 Å². The predicted molar refractivity (Wildman–Crippen MR) is 167 cm³/mol. The summed E-state index contributed by atoms with van der Waals surface area (Å²) in [5.74, 6) is -2.80. The van der Waals surface area contributed by atoms with Crippen molar-refractivity contribution >= 4 is 17.8 Å². The molecular formula is C34H59NO10. The first-order valence-electron chi connectivity index (χ1n) is 16.5. The Morgan fingerprint density at radius 1 is 0.911 bits per heavy atom. The average Bonchev–Trinajstić information content (AvgIpc) is 3.25. The number of amides is 1. The third-order valence-electron chi connectivity index (χ3n) is 11.9. The topological polar surface area (TPSA) is 130 Å². The van der Waals surface area contributed by atoms with E-state index in [0.717, 1.165) is 0 Å². The summed E-state index contributed by atoms with van der Waals surface area (Å²) in [5.41, 5.74) is -2.94. The highest BCUT2D eigenvalue weighted by Crippen LogP contribution is 2.47. The van der Waals surface area contributed by atoms with Crippen molar-refractivity contribution in [3.05, 3.63) is 0 Å². The first-order valence-corrected chi connectivity index (χ1v) is 16.5. The molecule has 0 bridgehead atoms. The molecule has 3 aliphatic heterocycles. The molecule has 0 spiro atoms. The lowest BCUT2D eigenvalue weighted by Crippen LogP contribution is -2.60. The normalized spacial score (nSPS) is 47.1. The number of carbonyl (C=O) groups is 3. The lowest BCUT2D eigenvalue weighted by Gasteiger charge is -2.51. The average molecular weight is 642 g/mol. The summed E-state index contributed by atoms with van der Waals surface area (Å²) in [5, 5.41) is 11.0. The molecule has 1 unspecified atom stereocenters. The molecule has 0 aromatic heterocycles. The summed E-state index contributed by atoms with van der Waals surface area (Å²) < 4.78 is 36.2. The number of nitrogens with zero attached hydrogens (tertiary/aromatic N) is 1. The summed E-state index contributed by atoms with van der Waals surface area (Å²) in [6, 6.07) is -0.733. The van der Waals surface area contributed by atoms with E-state index < -0.39 is 77.1 Å². The molecule has 260 valence electrons. The van der Waals surface area contributed by atoms with Crippen LogP contribution in [0.4, 0.5) is 4.79 Å². The van der Waals surface area contributed by atoms with E-state index in [1.54, 1.807) is 21.1 Å². The van der Waals surface area contributed by atoms with E-state index >= 15 is 0 Å². The van der Waals surface area contributed by atoms with Gasteiger partial charge in [-0.25, -0.2) is 4.79 Å². The van der Waals surface area contributed by atoms with Gasteiger partial charge in [0, 0.05) is 45.5 Å². The number of carbonyl (C=O) groups excluding carboxylic acids is 3. The van der Waals surface area contributed by atoms with Gasteiger partial charge in [-0.05, 0) is 52.4 Å². The van der Waals surface area contributed by atoms with Gasteiger partial charge in [-0.15, -0.1) is 0 Å². The van der Waals surface area contributed by atoms with Crippen LogP contribution < -0.4 is 0 Å². The summed E-state index contributed by atoms with van der Waals surface area (Å²) in [6.07, 6.45) is -2.12. The maximum absolute atomic E-state index is 14.2. The van der Waals surface area contributed by atoms with Crippen molar-refractivity contribution in [3.8, 4) is 0 Å². The van der Waals surface area contributed by atoms with E-state index in [0.29, 0.717) is 19.3 Å². The Bertz CT molecular complexity index is 1070. The summed E-state index contributed by atoms with van der Waals surface area (Å²) in [6.45, 7) is 19.0. The summed E-state index contributed by atoms with van der Waals surface area (Å²) in [4.78, 5) is 43.1. The van der Waals surface area contributed by atoms with Crippen molar-refractivity contribution in [2.24, 2.45) is 35.5 Å². The Labute approximate surface area is 269 Å². The molecule has 45 heavy (non-hydrogen) atoms. The quantitative estimate of drug-likeness (QED) is 0.411. The van der Waals surface area contributed by atoms with Crippen LogP contribution in [0.5, 0.6) is 0 Å². The molecule has 3 heterocycles. The van der Waals surface area contributed by atoms with Crippen molar-refractivity contribution in [1.29, 1.82) is 0 Å². The molecule has 11 heteroatoms. The number of Topliss-reactive ketones (excluding diaryl/α,β-unsaturated/α-hetero) is 1. The van der Waals surface area contributed by atoms with Gasteiger partial charge in [0.05, 0.1) is 35.4 Å². The van der Waals surface area contributed by atoms with Crippen LogP contribution >= 0.6 is 0 Å². The molecule has 0 saturated carbocycles. The fraction of sp³-hybridized carbons (Fsp3) is 0.912. The number of cyclic esters (lactones) is 1. The number of esters is 1. The highest BCUT2D eigenvalue weighted by atomic mass is 16.6. The molecule has 1 amide bonds. The molecule has 3 fully saturated rings. The maximum atomic E-state index is 14.2. The molecule has 0 radical (unpaired) electrons. The third-order valence-corrected chi connectivity index (χ3v) is 11.9. The zero-order valence-electron chi connectivity index (χ0n) is 29.7. The van der Waals surface area contributed by atoms with Gasteiger partial charge in [-0.2, -0.15) is 0 Å². The van der Waals surface area contributed by atoms with E-state index in [9.17, 15) is 19.5 Å². The van der Waals surface area contributed by atoms with Crippen molar-refractivity contribution in [1.82, 2.24) is 4.90 Å². The maximum Gasteiger partial charge on any atom is 0.412 e. The van der Waals surface area contributed by atoms with Crippen LogP contribution in [0.2, 0.25) is 0 Å².